The highest BCUT2D eigenvalue weighted by Crippen LogP contribution is 2.50. The van der Waals surface area contributed by atoms with E-state index in [1.807, 2.05) is 0 Å². The van der Waals surface area contributed by atoms with Crippen molar-refractivity contribution in [3.63, 3.8) is 0 Å². The molecule has 3 heteroatoms. The Kier molecular flexibility index (Phi) is 2.34. The number of piperidine rings is 1. The van der Waals surface area contributed by atoms with E-state index in [4.69, 9.17) is 0 Å². The average molecular weight is 235 g/mol. The molecule has 3 saturated heterocycles. The first kappa shape index (κ1) is 10.8. The van der Waals surface area contributed by atoms with E-state index in [1.165, 1.54) is 71.2 Å². The van der Waals surface area contributed by atoms with E-state index in [-0.39, 0.29) is 0 Å². The molecule has 0 radical (unpaired) electrons. The molecule has 4 aliphatic rings. The summed E-state index contributed by atoms with van der Waals surface area (Å²) in [7, 11) is 0. The van der Waals surface area contributed by atoms with Gasteiger partial charge < -0.3 is 10.6 Å². The SMILES string of the molecule is C1CCC2(CN(C3CC4(CCNC4)C3)C2)NC1. The summed E-state index contributed by atoms with van der Waals surface area (Å²) in [6, 6.07) is 0.921. The van der Waals surface area contributed by atoms with Gasteiger partial charge in [-0.25, -0.2) is 0 Å². The third-order valence-electron chi connectivity index (χ3n) is 5.78. The molecule has 96 valence electrons. The van der Waals surface area contributed by atoms with Crippen LogP contribution in [0.5, 0.6) is 0 Å². The highest BCUT2D eigenvalue weighted by Gasteiger charge is 2.53. The number of nitrogens with zero attached hydrogens (tertiary/aromatic N) is 1. The zero-order valence-electron chi connectivity index (χ0n) is 10.8. The standard InChI is InChI=1S/C14H25N3/c1-2-5-16-14(3-1)10-17(11-14)12-7-13(8-12)4-6-15-9-13/h12,15-16H,1-11H2. The average Bonchev–Trinajstić information content (AvgIpc) is 2.74. The van der Waals surface area contributed by atoms with Gasteiger partial charge in [-0.1, -0.05) is 6.42 Å². The lowest BCUT2D eigenvalue weighted by Crippen LogP contribution is -2.74. The molecule has 0 amide bonds. The quantitative estimate of drug-likeness (QED) is 0.709. The van der Waals surface area contributed by atoms with E-state index in [0.29, 0.717) is 11.0 Å². The van der Waals surface area contributed by atoms with E-state index in [0.717, 1.165) is 6.04 Å². The minimum atomic E-state index is 0.537. The summed E-state index contributed by atoms with van der Waals surface area (Å²) in [5.74, 6) is 0. The van der Waals surface area contributed by atoms with Crippen LogP contribution in [0.3, 0.4) is 0 Å². The van der Waals surface area contributed by atoms with Crippen molar-refractivity contribution in [3.05, 3.63) is 0 Å². The highest BCUT2D eigenvalue weighted by atomic mass is 15.3. The van der Waals surface area contributed by atoms with Crippen LogP contribution >= 0.6 is 0 Å². The Bertz CT molecular complexity index is 287. The fraction of sp³-hybridized carbons (Fsp3) is 1.00. The molecule has 0 bridgehead atoms. The first-order valence-electron chi connectivity index (χ1n) is 7.49. The van der Waals surface area contributed by atoms with Crippen LogP contribution < -0.4 is 10.6 Å². The minimum absolute atomic E-state index is 0.537. The van der Waals surface area contributed by atoms with Gasteiger partial charge >= 0.3 is 0 Å². The summed E-state index contributed by atoms with van der Waals surface area (Å²) in [4.78, 5) is 2.75. The lowest BCUT2D eigenvalue weighted by molar-refractivity contribution is -0.0756. The van der Waals surface area contributed by atoms with E-state index in [9.17, 15) is 0 Å². The second kappa shape index (κ2) is 3.69. The van der Waals surface area contributed by atoms with Crippen LogP contribution in [0.2, 0.25) is 0 Å². The van der Waals surface area contributed by atoms with Gasteiger partial charge in [0.1, 0.15) is 0 Å². The van der Waals surface area contributed by atoms with E-state index in [1.54, 1.807) is 0 Å². The van der Waals surface area contributed by atoms with Crippen molar-refractivity contribution < 1.29 is 0 Å². The Morgan fingerprint density at radius 3 is 2.53 bits per heavy atom. The van der Waals surface area contributed by atoms with Gasteiger partial charge in [-0.3, -0.25) is 4.90 Å². The van der Waals surface area contributed by atoms with E-state index < -0.39 is 0 Å². The molecule has 3 heterocycles. The summed E-state index contributed by atoms with van der Waals surface area (Å²) in [6.45, 7) is 6.48. The predicted octanol–water partition coefficient (Wildman–Crippen LogP) is 0.956. The number of hydrogen-bond donors (Lipinski definition) is 2. The zero-order chi connectivity index (χ0) is 11.3. The number of nitrogens with one attached hydrogen (secondary N) is 2. The molecular weight excluding hydrogens is 210 g/mol. The Morgan fingerprint density at radius 2 is 1.88 bits per heavy atom. The van der Waals surface area contributed by atoms with Gasteiger partial charge in [-0.15, -0.1) is 0 Å². The summed E-state index contributed by atoms with van der Waals surface area (Å²) in [5, 5.41) is 7.31. The molecule has 3 aliphatic heterocycles. The van der Waals surface area contributed by atoms with E-state index >= 15 is 0 Å². The molecule has 17 heavy (non-hydrogen) atoms. The van der Waals surface area contributed by atoms with Crippen molar-refractivity contribution in [1.82, 2.24) is 15.5 Å². The highest BCUT2D eigenvalue weighted by molar-refractivity contribution is 5.11. The number of likely N-dealkylation sites (tertiary alicyclic amines) is 1. The topological polar surface area (TPSA) is 27.3 Å². The van der Waals surface area contributed by atoms with Gasteiger partial charge in [0.2, 0.25) is 0 Å². The van der Waals surface area contributed by atoms with Gasteiger partial charge in [-0.05, 0) is 50.6 Å². The first-order valence-corrected chi connectivity index (χ1v) is 7.49. The largest absolute Gasteiger partial charge is 0.316 e. The fourth-order valence-electron chi connectivity index (χ4n) is 4.63. The van der Waals surface area contributed by atoms with Crippen molar-refractivity contribution in [2.75, 3.05) is 32.7 Å². The molecule has 0 aromatic carbocycles. The maximum Gasteiger partial charge on any atom is 0.0437 e. The van der Waals surface area contributed by atoms with Crippen molar-refractivity contribution in [3.8, 4) is 0 Å². The van der Waals surface area contributed by atoms with Crippen LogP contribution in [0.4, 0.5) is 0 Å². The second-order valence-corrected chi connectivity index (χ2v) is 7.06. The van der Waals surface area contributed by atoms with Crippen LogP contribution in [0, 0.1) is 5.41 Å². The number of hydrogen-bond acceptors (Lipinski definition) is 3. The Balaban J connectivity index is 1.30. The van der Waals surface area contributed by atoms with Crippen molar-refractivity contribution in [2.24, 2.45) is 5.41 Å². The molecule has 0 atom stereocenters. The van der Waals surface area contributed by atoms with Crippen molar-refractivity contribution in [2.45, 2.75) is 50.1 Å². The van der Waals surface area contributed by atoms with Crippen molar-refractivity contribution in [1.29, 1.82) is 0 Å². The van der Waals surface area contributed by atoms with Gasteiger partial charge in [0.25, 0.3) is 0 Å². The van der Waals surface area contributed by atoms with Gasteiger partial charge in [0.15, 0.2) is 0 Å². The fourth-order valence-corrected chi connectivity index (χ4v) is 4.63. The third-order valence-corrected chi connectivity index (χ3v) is 5.78. The first-order chi connectivity index (χ1) is 8.29. The molecular formula is C14H25N3. The molecule has 0 aromatic rings. The van der Waals surface area contributed by atoms with Crippen LogP contribution in [0.15, 0.2) is 0 Å². The monoisotopic (exact) mass is 235 g/mol. The minimum Gasteiger partial charge on any atom is -0.316 e. The molecule has 0 unspecified atom stereocenters. The van der Waals surface area contributed by atoms with Gasteiger partial charge in [0.05, 0.1) is 0 Å². The van der Waals surface area contributed by atoms with Crippen molar-refractivity contribution >= 4 is 0 Å². The Morgan fingerprint density at radius 1 is 1.00 bits per heavy atom. The lowest BCUT2D eigenvalue weighted by atomic mass is 9.63. The van der Waals surface area contributed by atoms with Crippen LogP contribution in [0.1, 0.15) is 38.5 Å². The molecule has 4 rings (SSSR count). The normalized spacial score (nSPS) is 44.8. The predicted molar refractivity (Wildman–Crippen MR) is 69.1 cm³/mol. The summed E-state index contributed by atoms with van der Waals surface area (Å²) < 4.78 is 0. The second-order valence-electron chi connectivity index (χ2n) is 7.06. The van der Waals surface area contributed by atoms with Gasteiger partial charge in [-0.2, -0.15) is 0 Å². The van der Waals surface area contributed by atoms with Gasteiger partial charge in [0, 0.05) is 31.2 Å². The lowest BCUT2D eigenvalue weighted by Gasteiger charge is -2.60. The molecule has 2 spiro atoms. The Hall–Kier alpha value is -0.120. The zero-order valence-corrected chi connectivity index (χ0v) is 10.8. The summed E-state index contributed by atoms with van der Waals surface area (Å²) >= 11 is 0. The Labute approximate surface area is 104 Å². The summed E-state index contributed by atoms with van der Waals surface area (Å²) in [6.07, 6.45) is 8.62. The molecule has 1 saturated carbocycles. The molecule has 0 aromatic heterocycles. The molecule has 4 fully saturated rings. The maximum atomic E-state index is 3.77. The van der Waals surface area contributed by atoms with Crippen LogP contribution in [0.25, 0.3) is 0 Å². The maximum absolute atomic E-state index is 3.77. The molecule has 2 N–H and O–H groups in total. The van der Waals surface area contributed by atoms with E-state index in [2.05, 4.69) is 15.5 Å². The number of rotatable bonds is 1. The molecule has 1 aliphatic carbocycles. The third kappa shape index (κ3) is 1.66. The molecule has 3 nitrogen and oxygen atoms in total. The smallest absolute Gasteiger partial charge is 0.0437 e. The van der Waals surface area contributed by atoms with Crippen LogP contribution in [-0.2, 0) is 0 Å². The summed E-state index contributed by atoms with van der Waals surface area (Å²) in [5.41, 5.74) is 1.25. The van der Waals surface area contributed by atoms with Crippen LogP contribution in [-0.4, -0.2) is 49.2 Å².